The highest BCUT2D eigenvalue weighted by Gasteiger charge is 2.13. The van der Waals surface area contributed by atoms with E-state index in [0.717, 1.165) is 5.56 Å². The van der Waals surface area contributed by atoms with Crippen LogP contribution in [0.4, 0.5) is 0 Å². The van der Waals surface area contributed by atoms with Crippen LogP contribution in [0.1, 0.15) is 19.4 Å². The number of rotatable bonds is 6. The Kier molecular flexibility index (Phi) is 5.11. The lowest BCUT2D eigenvalue weighted by atomic mass is 10.2. The minimum Gasteiger partial charge on any atom is -0.380 e. The van der Waals surface area contributed by atoms with Gasteiger partial charge in [0.1, 0.15) is 0 Å². The van der Waals surface area contributed by atoms with Crippen molar-refractivity contribution in [1.82, 2.24) is 4.72 Å². The number of nitrogens with one attached hydrogen (secondary N) is 1. The van der Waals surface area contributed by atoms with Gasteiger partial charge in [-0.2, -0.15) is 0 Å². The van der Waals surface area contributed by atoms with Gasteiger partial charge in [-0.25, -0.2) is 13.1 Å². The van der Waals surface area contributed by atoms with Crippen LogP contribution in [0.2, 0.25) is 0 Å². The molecule has 4 nitrogen and oxygen atoms in total. The second-order valence-corrected chi connectivity index (χ2v) is 6.09. The molecule has 0 aliphatic rings. The van der Waals surface area contributed by atoms with E-state index in [9.17, 15) is 8.42 Å². The molecule has 0 fully saturated rings. The van der Waals surface area contributed by atoms with Crippen LogP contribution in [0.25, 0.3) is 0 Å². The van der Waals surface area contributed by atoms with Crippen molar-refractivity contribution in [2.24, 2.45) is 5.92 Å². The van der Waals surface area contributed by atoms with Gasteiger partial charge in [0.05, 0.1) is 11.5 Å². The first-order valence-electron chi connectivity index (χ1n) is 5.53. The number of hydrogen-bond acceptors (Lipinski definition) is 3. The Balaban J connectivity index is 2.77. The van der Waals surface area contributed by atoms with Crippen LogP contribution in [0, 0.1) is 5.92 Å². The summed E-state index contributed by atoms with van der Waals surface area (Å²) in [5.74, 6) is 0.289. The minimum atomic E-state index is -3.38. The van der Waals surface area contributed by atoms with E-state index in [2.05, 4.69) is 4.72 Å². The van der Waals surface area contributed by atoms with Gasteiger partial charge in [0.15, 0.2) is 0 Å². The van der Waals surface area contributed by atoms with Crippen LogP contribution in [0.3, 0.4) is 0 Å². The Morgan fingerprint density at radius 1 is 1.24 bits per heavy atom. The molecule has 0 aliphatic heterocycles. The van der Waals surface area contributed by atoms with Crippen LogP contribution >= 0.6 is 0 Å². The molecular weight excluding hydrogens is 238 g/mol. The SMILES string of the molecule is COCc1ccc(S(=O)(=O)NCC(C)C)cc1. The maximum atomic E-state index is 11.9. The van der Waals surface area contributed by atoms with Gasteiger partial charge in [-0.15, -0.1) is 0 Å². The third-order valence-corrected chi connectivity index (χ3v) is 3.67. The lowest BCUT2D eigenvalue weighted by Gasteiger charge is -2.09. The topological polar surface area (TPSA) is 55.4 Å². The maximum absolute atomic E-state index is 11.9. The number of sulfonamides is 1. The summed E-state index contributed by atoms with van der Waals surface area (Å²) in [5, 5.41) is 0. The van der Waals surface area contributed by atoms with E-state index in [1.165, 1.54) is 0 Å². The maximum Gasteiger partial charge on any atom is 0.240 e. The molecule has 1 aromatic rings. The molecule has 0 radical (unpaired) electrons. The van der Waals surface area contributed by atoms with Crippen molar-refractivity contribution in [3.8, 4) is 0 Å². The molecule has 1 N–H and O–H groups in total. The fraction of sp³-hybridized carbons (Fsp3) is 0.500. The van der Waals surface area contributed by atoms with Crippen molar-refractivity contribution in [1.29, 1.82) is 0 Å². The van der Waals surface area contributed by atoms with Gasteiger partial charge in [-0.1, -0.05) is 26.0 Å². The number of ether oxygens (including phenoxy) is 1. The fourth-order valence-electron chi connectivity index (χ4n) is 1.29. The zero-order valence-electron chi connectivity index (χ0n) is 10.4. The van der Waals surface area contributed by atoms with Crippen molar-refractivity contribution in [2.45, 2.75) is 25.3 Å². The van der Waals surface area contributed by atoms with Gasteiger partial charge in [0.25, 0.3) is 0 Å². The molecule has 0 unspecified atom stereocenters. The van der Waals surface area contributed by atoms with E-state index in [1.807, 2.05) is 13.8 Å². The standard InChI is InChI=1S/C12H19NO3S/c1-10(2)8-13-17(14,15)12-6-4-11(5-7-12)9-16-3/h4-7,10,13H,8-9H2,1-3H3. The molecule has 5 heteroatoms. The fourth-order valence-corrected chi connectivity index (χ4v) is 2.51. The highest BCUT2D eigenvalue weighted by Crippen LogP contribution is 2.11. The second kappa shape index (κ2) is 6.14. The van der Waals surface area contributed by atoms with E-state index in [-0.39, 0.29) is 10.8 Å². The predicted molar refractivity (Wildman–Crippen MR) is 67.2 cm³/mol. The van der Waals surface area contributed by atoms with Gasteiger partial charge in [0, 0.05) is 13.7 Å². The summed E-state index contributed by atoms with van der Waals surface area (Å²) < 4.78 is 31.3. The van der Waals surface area contributed by atoms with E-state index < -0.39 is 10.0 Å². The average Bonchev–Trinajstić information content (AvgIpc) is 2.28. The molecule has 1 rings (SSSR count). The summed E-state index contributed by atoms with van der Waals surface area (Å²) >= 11 is 0. The largest absolute Gasteiger partial charge is 0.380 e. The Bertz CT molecular complexity index is 437. The molecule has 0 bridgehead atoms. The number of benzene rings is 1. The molecule has 0 saturated carbocycles. The summed E-state index contributed by atoms with van der Waals surface area (Å²) in [4.78, 5) is 0.290. The van der Waals surface area contributed by atoms with Gasteiger partial charge >= 0.3 is 0 Å². The molecule has 17 heavy (non-hydrogen) atoms. The Labute approximate surface area is 103 Å². The lowest BCUT2D eigenvalue weighted by molar-refractivity contribution is 0.185. The van der Waals surface area contributed by atoms with Crippen molar-refractivity contribution in [3.05, 3.63) is 29.8 Å². The van der Waals surface area contributed by atoms with Crippen LogP contribution in [0.5, 0.6) is 0 Å². The minimum absolute atomic E-state index is 0.289. The first kappa shape index (κ1) is 14.2. The summed E-state index contributed by atoms with van der Waals surface area (Å²) in [5.41, 5.74) is 0.954. The monoisotopic (exact) mass is 257 g/mol. The van der Waals surface area contributed by atoms with Gasteiger partial charge in [-0.05, 0) is 23.6 Å². The Morgan fingerprint density at radius 3 is 2.29 bits per heavy atom. The molecule has 0 atom stereocenters. The summed E-state index contributed by atoms with van der Waals surface area (Å²) in [6.07, 6.45) is 0. The first-order chi connectivity index (χ1) is 7.95. The molecule has 0 aromatic heterocycles. The highest BCUT2D eigenvalue weighted by molar-refractivity contribution is 7.89. The van der Waals surface area contributed by atoms with Gasteiger partial charge in [-0.3, -0.25) is 0 Å². The molecule has 0 aliphatic carbocycles. The van der Waals surface area contributed by atoms with E-state index in [1.54, 1.807) is 31.4 Å². The molecule has 1 aromatic carbocycles. The third kappa shape index (κ3) is 4.46. The normalized spacial score (nSPS) is 12.0. The van der Waals surface area contributed by atoms with Gasteiger partial charge < -0.3 is 4.74 Å². The van der Waals surface area contributed by atoms with E-state index in [0.29, 0.717) is 13.2 Å². The molecule has 96 valence electrons. The summed E-state index contributed by atoms with van der Waals surface area (Å²) in [7, 11) is -1.77. The van der Waals surface area contributed by atoms with E-state index in [4.69, 9.17) is 4.74 Å². The van der Waals surface area contributed by atoms with Crippen molar-refractivity contribution in [3.63, 3.8) is 0 Å². The number of hydrogen-bond donors (Lipinski definition) is 1. The molecule has 0 amide bonds. The average molecular weight is 257 g/mol. The smallest absolute Gasteiger partial charge is 0.240 e. The second-order valence-electron chi connectivity index (χ2n) is 4.32. The zero-order chi connectivity index (χ0) is 12.9. The van der Waals surface area contributed by atoms with Crippen molar-refractivity contribution in [2.75, 3.05) is 13.7 Å². The highest BCUT2D eigenvalue weighted by atomic mass is 32.2. The molecule has 0 saturated heterocycles. The summed E-state index contributed by atoms with van der Waals surface area (Å²) in [6.45, 7) is 4.86. The molecule has 0 spiro atoms. The van der Waals surface area contributed by atoms with Crippen LogP contribution < -0.4 is 4.72 Å². The van der Waals surface area contributed by atoms with Gasteiger partial charge in [0.2, 0.25) is 10.0 Å². The van der Waals surface area contributed by atoms with Crippen LogP contribution in [0.15, 0.2) is 29.2 Å². The van der Waals surface area contributed by atoms with Crippen molar-refractivity contribution >= 4 is 10.0 Å². The van der Waals surface area contributed by atoms with Crippen LogP contribution in [-0.4, -0.2) is 22.1 Å². The Hall–Kier alpha value is -0.910. The predicted octanol–water partition coefficient (Wildman–Crippen LogP) is 1.77. The molecular formula is C12H19NO3S. The third-order valence-electron chi connectivity index (χ3n) is 2.23. The first-order valence-corrected chi connectivity index (χ1v) is 7.01. The Morgan fingerprint density at radius 2 is 1.82 bits per heavy atom. The van der Waals surface area contributed by atoms with Crippen LogP contribution in [-0.2, 0) is 21.4 Å². The quantitative estimate of drug-likeness (QED) is 0.845. The molecule has 0 heterocycles. The van der Waals surface area contributed by atoms with Crippen molar-refractivity contribution < 1.29 is 13.2 Å². The summed E-state index contributed by atoms with van der Waals surface area (Å²) in [6, 6.07) is 6.70. The van der Waals surface area contributed by atoms with E-state index >= 15 is 0 Å². The number of methoxy groups -OCH3 is 1. The zero-order valence-corrected chi connectivity index (χ0v) is 11.3. The lowest BCUT2D eigenvalue weighted by Crippen LogP contribution is -2.27.